The first-order valence-corrected chi connectivity index (χ1v) is 10.7. The highest BCUT2D eigenvalue weighted by atomic mass is 28.1. The molecule has 3 radical (unpaired) electrons. The lowest BCUT2D eigenvalue weighted by Gasteiger charge is -2.18. The minimum atomic E-state index is 0.799. The van der Waals surface area contributed by atoms with Crippen molar-refractivity contribution in [3.63, 3.8) is 0 Å². The van der Waals surface area contributed by atoms with Gasteiger partial charge in [-0.2, -0.15) is 0 Å². The molecule has 1 rings (SSSR count). The molecule has 3 nitrogen and oxygen atoms in total. The van der Waals surface area contributed by atoms with Gasteiger partial charge in [0, 0.05) is 0 Å². The molecule has 0 saturated carbocycles. The summed E-state index contributed by atoms with van der Waals surface area (Å²) in [6.07, 6.45) is 14.3. The quantitative estimate of drug-likeness (QED) is 0.332. The van der Waals surface area contributed by atoms with Crippen LogP contribution in [0.3, 0.4) is 0 Å². The standard InChI is InChI=1S/C21H38N3Si/c22-15-7-1-4-10-18-13-14-21(25)20(12-6-3-9-17-24)19(18)11-5-2-8-16-23/h13-14H,1-12,15-17,22-24H2. The van der Waals surface area contributed by atoms with Crippen LogP contribution in [0, 0.1) is 0 Å². The van der Waals surface area contributed by atoms with E-state index in [1.165, 1.54) is 62.1 Å². The third kappa shape index (κ3) is 9.00. The van der Waals surface area contributed by atoms with E-state index in [2.05, 4.69) is 22.4 Å². The first-order valence-electron chi connectivity index (χ1n) is 10.2. The second-order valence-electron chi connectivity index (χ2n) is 7.03. The van der Waals surface area contributed by atoms with E-state index in [-0.39, 0.29) is 0 Å². The molecular weight excluding hydrogens is 322 g/mol. The van der Waals surface area contributed by atoms with Crippen LogP contribution in [0.5, 0.6) is 0 Å². The van der Waals surface area contributed by atoms with E-state index in [1.807, 2.05) is 0 Å². The van der Waals surface area contributed by atoms with Crippen LogP contribution in [0.25, 0.3) is 0 Å². The molecule has 1 aromatic rings. The lowest BCUT2D eigenvalue weighted by Crippen LogP contribution is -2.16. The van der Waals surface area contributed by atoms with Crippen LogP contribution in [0.15, 0.2) is 12.1 Å². The molecule has 0 aliphatic heterocycles. The Kier molecular flexibility index (Phi) is 13.0. The monoisotopic (exact) mass is 360 g/mol. The highest BCUT2D eigenvalue weighted by molar-refractivity contribution is 6.33. The highest BCUT2D eigenvalue weighted by Gasteiger charge is 2.11. The first-order chi connectivity index (χ1) is 12.2. The lowest BCUT2D eigenvalue weighted by molar-refractivity contribution is 0.656. The van der Waals surface area contributed by atoms with Gasteiger partial charge in [-0.1, -0.05) is 36.6 Å². The number of nitrogens with two attached hydrogens (primary N) is 3. The molecule has 0 bridgehead atoms. The summed E-state index contributed by atoms with van der Waals surface area (Å²) < 4.78 is 0. The molecule has 6 N–H and O–H groups in total. The number of rotatable bonds is 15. The Hall–Kier alpha value is -0.683. The second kappa shape index (κ2) is 14.5. The van der Waals surface area contributed by atoms with Crippen LogP contribution in [-0.4, -0.2) is 29.9 Å². The minimum Gasteiger partial charge on any atom is -0.330 e. The molecule has 0 fully saturated rings. The zero-order chi connectivity index (χ0) is 18.3. The Labute approximate surface area is 158 Å². The predicted molar refractivity (Wildman–Crippen MR) is 112 cm³/mol. The third-order valence-corrected chi connectivity index (χ3v) is 5.41. The van der Waals surface area contributed by atoms with Gasteiger partial charge in [0.25, 0.3) is 0 Å². The van der Waals surface area contributed by atoms with Gasteiger partial charge in [0.2, 0.25) is 0 Å². The fraction of sp³-hybridized carbons (Fsp3) is 0.714. The van der Waals surface area contributed by atoms with Gasteiger partial charge in [-0.25, -0.2) is 0 Å². The molecule has 0 atom stereocenters. The van der Waals surface area contributed by atoms with Gasteiger partial charge in [-0.3, -0.25) is 0 Å². The van der Waals surface area contributed by atoms with E-state index in [9.17, 15) is 0 Å². The SMILES string of the molecule is NCCCCCc1ccc([Si])c(CCCCCN)c1CCCCCN. The average molecular weight is 361 g/mol. The smallest absolute Gasteiger partial charge is 0.0715 e. The average Bonchev–Trinajstić information content (AvgIpc) is 2.62. The normalized spacial score (nSPS) is 11.2. The van der Waals surface area contributed by atoms with Crippen LogP contribution in [0.2, 0.25) is 0 Å². The molecule has 0 saturated heterocycles. The van der Waals surface area contributed by atoms with E-state index in [0.717, 1.165) is 45.3 Å². The van der Waals surface area contributed by atoms with Crippen molar-refractivity contribution in [3.8, 4) is 0 Å². The van der Waals surface area contributed by atoms with E-state index < -0.39 is 0 Å². The summed E-state index contributed by atoms with van der Waals surface area (Å²) in [5.74, 6) is 0. The van der Waals surface area contributed by atoms with Crippen LogP contribution in [0.1, 0.15) is 74.5 Å². The molecule has 0 heterocycles. The molecular formula is C21H38N3Si. The van der Waals surface area contributed by atoms with Gasteiger partial charge >= 0.3 is 0 Å². The van der Waals surface area contributed by atoms with E-state index in [0.29, 0.717) is 0 Å². The van der Waals surface area contributed by atoms with E-state index in [4.69, 9.17) is 17.2 Å². The van der Waals surface area contributed by atoms with Gasteiger partial charge < -0.3 is 17.2 Å². The molecule has 25 heavy (non-hydrogen) atoms. The van der Waals surface area contributed by atoms with Crippen LogP contribution < -0.4 is 22.4 Å². The van der Waals surface area contributed by atoms with Crippen molar-refractivity contribution in [1.82, 2.24) is 0 Å². The molecule has 0 aromatic heterocycles. The summed E-state index contributed by atoms with van der Waals surface area (Å²) in [6, 6.07) is 4.57. The fourth-order valence-electron chi connectivity index (χ4n) is 3.46. The zero-order valence-corrected chi connectivity index (χ0v) is 17.0. The van der Waals surface area contributed by atoms with Crippen molar-refractivity contribution < 1.29 is 0 Å². The molecule has 1 aromatic carbocycles. The lowest BCUT2D eigenvalue weighted by atomic mass is 9.90. The van der Waals surface area contributed by atoms with Crippen LogP contribution in [-0.2, 0) is 19.3 Å². The topological polar surface area (TPSA) is 78.1 Å². The van der Waals surface area contributed by atoms with Gasteiger partial charge in [0.15, 0.2) is 0 Å². The third-order valence-electron chi connectivity index (χ3n) is 4.94. The van der Waals surface area contributed by atoms with Gasteiger partial charge in [-0.15, -0.1) is 0 Å². The summed E-state index contributed by atoms with van der Waals surface area (Å²) >= 11 is 0. The van der Waals surface area contributed by atoms with Crippen LogP contribution >= 0.6 is 0 Å². The van der Waals surface area contributed by atoms with Crippen molar-refractivity contribution in [2.45, 2.75) is 77.0 Å². The summed E-state index contributed by atoms with van der Waals surface area (Å²) in [5, 5.41) is 1.27. The minimum absolute atomic E-state index is 0.799. The molecule has 0 spiro atoms. The maximum Gasteiger partial charge on any atom is 0.0715 e. The van der Waals surface area contributed by atoms with E-state index in [1.54, 1.807) is 11.1 Å². The zero-order valence-electron chi connectivity index (χ0n) is 16.0. The second-order valence-corrected chi connectivity index (χ2v) is 7.57. The van der Waals surface area contributed by atoms with Crippen molar-refractivity contribution >= 4 is 15.4 Å². The van der Waals surface area contributed by atoms with Crippen LogP contribution in [0.4, 0.5) is 0 Å². The van der Waals surface area contributed by atoms with Crippen molar-refractivity contribution in [2.24, 2.45) is 17.2 Å². The number of hydrogen-bond donors (Lipinski definition) is 3. The van der Waals surface area contributed by atoms with Gasteiger partial charge in [0.05, 0.1) is 10.2 Å². The maximum atomic E-state index is 5.65. The fourth-order valence-corrected chi connectivity index (χ4v) is 3.81. The van der Waals surface area contributed by atoms with Gasteiger partial charge in [0.1, 0.15) is 0 Å². The number of unbranched alkanes of at least 4 members (excludes halogenated alkanes) is 6. The van der Waals surface area contributed by atoms with Gasteiger partial charge in [-0.05, 0) is 94.1 Å². The van der Waals surface area contributed by atoms with Crippen molar-refractivity contribution in [1.29, 1.82) is 0 Å². The largest absolute Gasteiger partial charge is 0.330 e. The van der Waals surface area contributed by atoms with Crippen molar-refractivity contribution in [3.05, 3.63) is 28.8 Å². The van der Waals surface area contributed by atoms with E-state index >= 15 is 0 Å². The first kappa shape index (κ1) is 22.4. The summed E-state index contributed by atoms with van der Waals surface area (Å²) in [6.45, 7) is 2.41. The molecule has 0 aliphatic carbocycles. The summed E-state index contributed by atoms with van der Waals surface area (Å²) in [4.78, 5) is 0. The Balaban J connectivity index is 2.80. The highest BCUT2D eigenvalue weighted by Crippen LogP contribution is 2.21. The number of hydrogen-bond acceptors (Lipinski definition) is 3. The molecule has 0 aliphatic rings. The summed E-state index contributed by atoms with van der Waals surface area (Å²) in [7, 11) is 3.86. The Morgan fingerprint density at radius 2 is 1.04 bits per heavy atom. The maximum absolute atomic E-state index is 5.65. The molecule has 141 valence electrons. The molecule has 0 unspecified atom stereocenters. The number of benzene rings is 1. The van der Waals surface area contributed by atoms with Crippen molar-refractivity contribution in [2.75, 3.05) is 19.6 Å². The Morgan fingerprint density at radius 1 is 0.560 bits per heavy atom. The number of aryl methyl sites for hydroxylation is 1. The summed E-state index contributed by atoms with van der Waals surface area (Å²) in [5.41, 5.74) is 21.6. The predicted octanol–water partition coefficient (Wildman–Crippen LogP) is 2.49. The molecule has 0 amide bonds. The Bertz CT molecular complexity index is 463. The molecule has 4 heteroatoms. The Morgan fingerprint density at radius 3 is 1.56 bits per heavy atom.